The van der Waals surface area contributed by atoms with Gasteiger partial charge in [-0.1, -0.05) is 0 Å². The van der Waals surface area contributed by atoms with Gasteiger partial charge in [-0.05, 0) is 12.1 Å². The molecule has 1 N–H and O–H groups in total. The fourth-order valence-electron chi connectivity index (χ4n) is 1.75. The number of rotatable bonds is 2. The SMILES string of the molecule is COc1ccc(N2CCNCC2=O)c(F)c1F. The Labute approximate surface area is 97.2 Å². The molecule has 6 heteroatoms. The number of benzene rings is 1. The van der Waals surface area contributed by atoms with E-state index in [1.807, 2.05) is 0 Å². The average Bonchev–Trinajstić information content (AvgIpc) is 2.34. The lowest BCUT2D eigenvalue weighted by Gasteiger charge is -2.27. The Morgan fingerprint density at radius 1 is 1.35 bits per heavy atom. The molecule has 1 amide bonds. The third kappa shape index (κ3) is 2.08. The average molecular weight is 242 g/mol. The number of hydrogen-bond donors (Lipinski definition) is 1. The predicted octanol–water partition coefficient (Wildman–Crippen LogP) is 0.910. The van der Waals surface area contributed by atoms with Crippen molar-refractivity contribution in [2.24, 2.45) is 0 Å². The van der Waals surface area contributed by atoms with Crippen molar-refractivity contribution in [3.63, 3.8) is 0 Å². The first kappa shape index (κ1) is 11.8. The van der Waals surface area contributed by atoms with Gasteiger partial charge in [-0.15, -0.1) is 0 Å². The predicted molar refractivity (Wildman–Crippen MR) is 58.1 cm³/mol. The van der Waals surface area contributed by atoms with Crippen molar-refractivity contribution in [1.29, 1.82) is 0 Å². The van der Waals surface area contributed by atoms with Gasteiger partial charge in [0.1, 0.15) is 0 Å². The lowest BCUT2D eigenvalue weighted by Crippen LogP contribution is -2.48. The van der Waals surface area contributed by atoms with E-state index in [4.69, 9.17) is 0 Å². The second-order valence-electron chi connectivity index (χ2n) is 3.64. The molecule has 0 spiro atoms. The molecule has 1 fully saturated rings. The van der Waals surface area contributed by atoms with Crippen LogP contribution in [0.4, 0.5) is 14.5 Å². The van der Waals surface area contributed by atoms with Crippen LogP contribution in [-0.2, 0) is 4.79 Å². The minimum atomic E-state index is -1.07. The van der Waals surface area contributed by atoms with E-state index in [9.17, 15) is 13.6 Å². The molecule has 1 aliphatic rings. The first-order valence-electron chi connectivity index (χ1n) is 5.18. The molecule has 1 aromatic carbocycles. The summed E-state index contributed by atoms with van der Waals surface area (Å²) in [6.07, 6.45) is 0. The molecule has 2 rings (SSSR count). The highest BCUT2D eigenvalue weighted by molar-refractivity contribution is 5.95. The molecule has 92 valence electrons. The fraction of sp³-hybridized carbons (Fsp3) is 0.364. The number of carbonyl (C=O) groups is 1. The zero-order valence-electron chi connectivity index (χ0n) is 9.30. The van der Waals surface area contributed by atoms with Crippen molar-refractivity contribution in [3.05, 3.63) is 23.8 Å². The van der Waals surface area contributed by atoms with Crippen LogP contribution >= 0.6 is 0 Å². The minimum absolute atomic E-state index is 0.0465. The monoisotopic (exact) mass is 242 g/mol. The van der Waals surface area contributed by atoms with Crippen molar-refractivity contribution in [2.45, 2.75) is 0 Å². The van der Waals surface area contributed by atoms with Crippen LogP contribution in [0.5, 0.6) is 5.75 Å². The van der Waals surface area contributed by atoms with Crippen molar-refractivity contribution in [2.75, 3.05) is 31.6 Å². The number of piperazine rings is 1. The molecule has 0 aromatic heterocycles. The highest BCUT2D eigenvalue weighted by Gasteiger charge is 2.24. The molecule has 0 unspecified atom stereocenters. The maximum absolute atomic E-state index is 13.7. The van der Waals surface area contributed by atoms with Gasteiger partial charge in [-0.25, -0.2) is 4.39 Å². The maximum Gasteiger partial charge on any atom is 0.241 e. The highest BCUT2D eigenvalue weighted by Crippen LogP contribution is 2.28. The number of amides is 1. The van der Waals surface area contributed by atoms with Crippen molar-refractivity contribution in [3.8, 4) is 5.75 Å². The van der Waals surface area contributed by atoms with Gasteiger partial charge in [0.25, 0.3) is 0 Å². The molecule has 0 radical (unpaired) electrons. The largest absolute Gasteiger partial charge is 0.494 e. The quantitative estimate of drug-likeness (QED) is 0.838. The summed E-state index contributed by atoms with van der Waals surface area (Å²) in [6.45, 7) is 1.01. The number of anilines is 1. The summed E-state index contributed by atoms with van der Waals surface area (Å²) in [4.78, 5) is 12.8. The summed E-state index contributed by atoms with van der Waals surface area (Å²) in [7, 11) is 1.26. The van der Waals surface area contributed by atoms with Crippen LogP contribution < -0.4 is 15.0 Å². The first-order chi connectivity index (χ1) is 8.15. The Morgan fingerprint density at radius 3 is 2.76 bits per heavy atom. The van der Waals surface area contributed by atoms with Crippen LogP contribution in [0, 0.1) is 11.6 Å². The van der Waals surface area contributed by atoms with Crippen LogP contribution in [-0.4, -0.2) is 32.7 Å². The number of hydrogen-bond acceptors (Lipinski definition) is 3. The lowest BCUT2D eigenvalue weighted by molar-refractivity contribution is -0.118. The van der Waals surface area contributed by atoms with Gasteiger partial charge < -0.3 is 15.0 Å². The van der Waals surface area contributed by atoms with Gasteiger partial charge in [-0.3, -0.25) is 4.79 Å². The van der Waals surface area contributed by atoms with E-state index in [0.29, 0.717) is 13.1 Å². The number of carbonyl (C=O) groups excluding carboxylic acids is 1. The first-order valence-corrected chi connectivity index (χ1v) is 5.18. The molecule has 1 aliphatic heterocycles. The van der Waals surface area contributed by atoms with Crippen LogP contribution in [0.3, 0.4) is 0 Å². The summed E-state index contributed by atoms with van der Waals surface area (Å²) in [5.41, 5.74) is -0.0465. The van der Waals surface area contributed by atoms with Crippen LogP contribution in [0.15, 0.2) is 12.1 Å². The van der Waals surface area contributed by atoms with Crippen molar-refractivity contribution >= 4 is 11.6 Å². The molecule has 17 heavy (non-hydrogen) atoms. The Hall–Kier alpha value is -1.69. The number of halogens is 2. The third-order valence-electron chi connectivity index (χ3n) is 2.63. The van der Waals surface area contributed by atoms with Crippen LogP contribution in [0.1, 0.15) is 0 Å². The van der Waals surface area contributed by atoms with Gasteiger partial charge in [0.05, 0.1) is 19.3 Å². The van der Waals surface area contributed by atoms with E-state index in [1.54, 1.807) is 0 Å². The number of methoxy groups -OCH3 is 1. The summed E-state index contributed by atoms with van der Waals surface area (Å²) >= 11 is 0. The Kier molecular flexibility index (Phi) is 3.23. The molecule has 0 aliphatic carbocycles. The Balaban J connectivity index is 2.38. The smallest absolute Gasteiger partial charge is 0.241 e. The van der Waals surface area contributed by atoms with E-state index in [1.165, 1.54) is 24.1 Å². The third-order valence-corrected chi connectivity index (χ3v) is 2.63. The zero-order chi connectivity index (χ0) is 12.4. The topological polar surface area (TPSA) is 41.6 Å². The second-order valence-corrected chi connectivity index (χ2v) is 3.64. The molecular formula is C11H12F2N2O2. The minimum Gasteiger partial charge on any atom is -0.494 e. The molecule has 4 nitrogen and oxygen atoms in total. The summed E-state index contributed by atoms with van der Waals surface area (Å²) < 4.78 is 31.9. The van der Waals surface area contributed by atoms with Crippen molar-refractivity contribution < 1.29 is 18.3 Å². The Bertz CT molecular complexity index is 451. The normalized spacial score (nSPS) is 16.2. The van der Waals surface area contributed by atoms with E-state index in [2.05, 4.69) is 10.1 Å². The van der Waals surface area contributed by atoms with E-state index < -0.39 is 11.6 Å². The molecule has 1 saturated heterocycles. The number of nitrogens with one attached hydrogen (secondary N) is 1. The fourth-order valence-corrected chi connectivity index (χ4v) is 1.75. The summed E-state index contributed by atoms with van der Waals surface area (Å²) in [5, 5.41) is 2.86. The molecule has 1 aromatic rings. The van der Waals surface area contributed by atoms with E-state index >= 15 is 0 Å². The second kappa shape index (κ2) is 4.67. The van der Waals surface area contributed by atoms with Gasteiger partial charge in [-0.2, -0.15) is 4.39 Å². The molecule has 0 saturated carbocycles. The van der Waals surface area contributed by atoms with Crippen LogP contribution in [0.25, 0.3) is 0 Å². The number of nitrogens with zero attached hydrogens (tertiary/aromatic N) is 1. The standard InChI is InChI=1S/C11H12F2N2O2/c1-17-8-3-2-7(10(12)11(8)13)15-5-4-14-6-9(15)16/h2-3,14H,4-6H2,1H3. The van der Waals surface area contributed by atoms with Gasteiger partial charge in [0, 0.05) is 13.1 Å². The van der Waals surface area contributed by atoms with Crippen molar-refractivity contribution in [1.82, 2.24) is 5.32 Å². The molecule has 0 bridgehead atoms. The van der Waals surface area contributed by atoms with E-state index in [0.717, 1.165) is 0 Å². The lowest BCUT2D eigenvalue weighted by atomic mass is 10.2. The highest BCUT2D eigenvalue weighted by atomic mass is 19.2. The Morgan fingerprint density at radius 2 is 2.12 bits per heavy atom. The molecular weight excluding hydrogens is 230 g/mol. The number of ether oxygens (including phenoxy) is 1. The zero-order valence-corrected chi connectivity index (χ0v) is 9.30. The van der Waals surface area contributed by atoms with Gasteiger partial charge in [0.2, 0.25) is 11.7 Å². The summed E-state index contributed by atoms with van der Waals surface area (Å²) in [6, 6.07) is 2.66. The van der Waals surface area contributed by atoms with Gasteiger partial charge >= 0.3 is 0 Å². The molecule has 0 atom stereocenters. The maximum atomic E-state index is 13.7. The van der Waals surface area contributed by atoms with E-state index in [-0.39, 0.29) is 23.9 Å². The van der Waals surface area contributed by atoms with Gasteiger partial charge in [0.15, 0.2) is 11.6 Å². The molecule has 1 heterocycles. The van der Waals surface area contributed by atoms with Crippen LogP contribution in [0.2, 0.25) is 0 Å². The summed E-state index contributed by atoms with van der Waals surface area (Å²) in [5.74, 6) is -2.58.